The molecular weight excluding hydrogens is 364 g/mol. The number of thiazole rings is 1. The van der Waals surface area contributed by atoms with Gasteiger partial charge in [0.25, 0.3) is 5.91 Å². The lowest BCUT2D eigenvalue weighted by Crippen LogP contribution is -2.17. The first-order valence-electron chi connectivity index (χ1n) is 7.04. The molecule has 1 amide bonds. The van der Waals surface area contributed by atoms with Gasteiger partial charge in [-0.15, -0.1) is 0 Å². The molecule has 0 unspecified atom stereocenters. The van der Waals surface area contributed by atoms with Crippen molar-refractivity contribution in [3.63, 3.8) is 0 Å². The topological polar surface area (TPSA) is 52.2 Å². The monoisotopic (exact) mass is 378 g/mol. The normalized spacial score (nSPS) is 12.2. The van der Waals surface area contributed by atoms with E-state index >= 15 is 0 Å². The zero-order chi connectivity index (χ0) is 15.7. The fourth-order valence-corrected chi connectivity index (χ4v) is 4.21. The van der Waals surface area contributed by atoms with E-state index in [2.05, 4.69) is 30.6 Å². The van der Waals surface area contributed by atoms with Crippen LogP contribution in [0.2, 0.25) is 0 Å². The van der Waals surface area contributed by atoms with Gasteiger partial charge >= 0.3 is 0 Å². The van der Waals surface area contributed by atoms with E-state index in [1.54, 1.807) is 16.9 Å². The van der Waals surface area contributed by atoms with Gasteiger partial charge < -0.3 is 4.57 Å². The number of aromatic nitrogens is 3. The number of hydrogen-bond acceptors (Lipinski definition) is 3. The Morgan fingerprint density at radius 1 is 1.32 bits per heavy atom. The van der Waals surface area contributed by atoms with Crippen LogP contribution < -0.4 is 4.80 Å². The lowest BCUT2D eigenvalue weighted by Gasteiger charge is -2.02. The molecule has 0 radical (unpaired) electrons. The van der Waals surface area contributed by atoms with Crippen molar-refractivity contribution in [3.05, 3.63) is 45.4 Å². The number of carbonyl (C=O) groups is 1. The Morgan fingerprint density at radius 3 is 2.86 bits per heavy atom. The lowest BCUT2D eigenvalue weighted by atomic mass is 10.3. The molecule has 0 fully saturated rings. The van der Waals surface area contributed by atoms with Crippen LogP contribution in [0, 0.1) is 0 Å². The number of hydrogen-bond donors (Lipinski definition) is 0. The number of rotatable bonds is 3. The van der Waals surface area contributed by atoms with Gasteiger partial charge in [0.15, 0.2) is 4.80 Å². The standard InChI is InChI=1S/C15H15BrN4OS/c1-3-19-13-10(16)6-5-7-12(13)22-15(19)18-14(21)11-8-9-17-20(11)4-2/h5-9H,3-4H2,1-2H3. The van der Waals surface area contributed by atoms with Gasteiger partial charge in [0.05, 0.1) is 10.2 Å². The third-order valence-corrected chi connectivity index (χ3v) is 5.08. The molecule has 0 saturated heterocycles. The first-order chi connectivity index (χ1) is 10.7. The number of benzene rings is 1. The Morgan fingerprint density at radius 2 is 2.14 bits per heavy atom. The number of amides is 1. The van der Waals surface area contributed by atoms with Gasteiger partial charge in [-0.1, -0.05) is 17.4 Å². The van der Waals surface area contributed by atoms with Crippen molar-refractivity contribution >= 4 is 43.4 Å². The van der Waals surface area contributed by atoms with Crippen LogP contribution >= 0.6 is 27.3 Å². The summed E-state index contributed by atoms with van der Waals surface area (Å²) in [5, 5.41) is 4.12. The molecule has 2 heterocycles. The molecule has 3 rings (SSSR count). The number of aryl methyl sites for hydroxylation is 2. The molecule has 114 valence electrons. The molecule has 0 aliphatic heterocycles. The van der Waals surface area contributed by atoms with E-state index < -0.39 is 0 Å². The van der Waals surface area contributed by atoms with Gasteiger partial charge in [0.1, 0.15) is 5.69 Å². The quantitative estimate of drug-likeness (QED) is 0.700. The Labute approximate surface area is 140 Å². The van der Waals surface area contributed by atoms with Gasteiger partial charge in [-0.2, -0.15) is 10.1 Å². The van der Waals surface area contributed by atoms with Crippen LogP contribution in [0.3, 0.4) is 0 Å². The van der Waals surface area contributed by atoms with Gasteiger partial charge in [-0.05, 0) is 48.0 Å². The van der Waals surface area contributed by atoms with Crippen molar-refractivity contribution < 1.29 is 4.79 Å². The van der Waals surface area contributed by atoms with Crippen LogP contribution in [0.5, 0.6) is 0 Å². The van der Waals surface area contributed by atoms with Crippen LogP contribution in [0.15, 0.2) is 39.9 Å². The molecule has 1 aromatic carbocycles. The maximum absolute atomic E-state index is 12.4. The Kier molecular flexibility index (Phi) is 4.26. The van der Waals surface area contributed by atoms with Crippen molar-refractivity contribution in [1.29, 1.82) is 0 Å². The first-order valence-corrected chi connectivity index (χ1v) is 8.65. The fourth-order valence-electron chi connectivity index (χ4n) is 2.38. The molecule has 0 atom stereocenters. The molecule has 0 aliphatic carbocycles. The highest BCUT2D eigenvalue weighted by molar-refractivity contribution is 9.10. The van der Waals surface area contributed by atoms with E-state index in [1.807, 2.05) is 32.0 Å². The summed E-state index contributed by atoms with van der Waals surface area (Å²) in [5.41, 5.74) is 1.59. The van der Waals surface area contributed by atoms with Crippen LogP contribution in [-0.4, -0.2) is 20.3 Å². The molecule has 7 heteroatoms. The van der Waals surface area contributed by atoms with Gasteiger partial charge in [0, 0.05) is 23.8 Å². The van der Waals surface area contributed by atoms with Gasteiger partial charge in [0.2, 0.25) is 0 Å². The molecular formula is C15H15BrN4OS. The maximum Gasteiger partial charge on any atom is 0.297 e. The maximum atomic E-state index is 12.4. The largest absolute Gasteiger partial charge is 0.316 e. The fraction of sp³-hybridized carbons (Fsp3) is 0.267. The predicted octanol–water partition coefficient (Wildman–Crippen LogP) is 3.44. The van der Waals surface area contributed by atoms with Crippen LogP contribution in [0.25, 0.3) is 10.2 Å². The molecule has 0 N–H and O–H groups in total. The molecule has 0 spiro atoms. The van der Waals surface area contributed by atoms with E-state index in [9.17, 15) is 4.79 Å². The van der Waals surface area contributed by atoms with Gasteiger partial charge in [-0.3, -0.25) is 9.48 Å². The van der Waals surface area contributed by atoms with Crippen molar-refractivity contribution in [3.8, 4) is 0 Å². The number of nitrogens with zero attached hydrogens (tertiary/aromatic N) is 4. The average Bonchev–Trinajstić information content (AvgIpc) is 3.11. The minimum atomic E-state index is -0.260. The molecule has 2 aromatic heterocycles. The van der Waals surface area contributed by atoms with Crippen molar-refractivity contribution in [2.45, 2.75) is 26.9 Å². The summed E-state index contributed by atoms with van der Waals surface area (Å²) in [4.78, 5) is 17.5. The molecule has 0 bridgehead atoms. The summed E-state index contributed by atoms with van der Waals surface area (Å²) in [7, 11) is 0. The van der Waals surface area contributed by atoms with Crippen LogP contribution in [0.4, 0.5) is 0 Å². The summed E-state index contributed by atoms with van der Waals surface area (Å²) in [6.07, 6.45) is 1.63. The molecule has 5 nitrogen and oxygen atoms in total. The third-order valence-electron chi connectivity index (χ3n) is 3.40. The second-order valence-corrected chi connectivity index (χ2v) is 6.53. The summed E-state index contributed by atoms with van der Waals surface area (Å²) >= 11 is 5.09. The van der Waals surface area contributed by atoms with Crippen molar-refractivity contribution in [2.24, 2.45) is 4.99 Å². The van der Waals surface area contributed by atoms with E-state index in [0.29, 0.717) is 17.0 Å². The van der Waals surface area contributed by atoms with Gasteiger partial charge in [-0.25, -0.2) is 0 Å². The molecule has 22 heavy (non-hydrogen) atoms. The summed E-state index contributed by atoms with van der Waals surface area (Å²) in [6.45, 7) is 5.40. The van der Waals surface area contributed by atoms with Crippen molar-refractivity contribution in [2.75, 3.05) is 0 Å². The molecule has 3 aromatic rings. The Bertz CT molecular complexity index is 906. The van der Waals surface area contributed by atoms with E-state index in [-0.39, 0.29) is 5.91 Å². The number of halogens is 1. The number of para-hydroxylation sites is 1. The van der Waals surface area contributed by atoms with E-state index in [1.165, 1.54) is 11.3 Å². The highest BCUT2D eigenvalue weighted by Gasteiger charge is 2.13. The van der Waals surface area contributed by atoms with Crippen LogP contribution in [0.1, 0.15) is 24.3 Å². The minimum Gasteiger partial charge on any atom is -0.316 e. The Balaban J connectivity index is 2.17. The van der Waals surface area contributed by atoms with E-state index in [0.717, 1.165) is 21.2 Å². The number of carbonyl (C=O) groups excluding carboxylic acids is 1. The highest BCUT2D eigenvalue weighted by Crippen LogP contribution is 2.25. The first kappa shape index (κ1) is 15.2. The third kappa shape index (κ3) is 2.55. The minimum absolute atomic E-state index is 0.260. The van der Waals surface area contributed by atoms with Crippen LogP contribution in [-0.2, 0) is 13.1 Å². The second-order valence-electron chi connectivity index (χ2n) is 4.66. The summed E-state index contributed by atoms with van der Waals surface area (Å²) in [5.74, 6) is -0.260. The zero-order valence-corrected chi connectivity index (χ0v) is 14.7. The summed E-state index contributed by atoms with van der Waals surface area (Å²) in [6, 6.07) is 7.73. The SMILES string of the molecule is CCn1nccc1C(=O)N=c1sc2cccc(Br)c2n1CC. The zero-order valence-electron chi connectivity index (χ0n) is 12.3. The average molecular weight is 379 g/mol. The second kappa shape index (κ2) is 6.18. The summed E-state index contributed by atoms with van der Waals surface area (Å²) < 4.78 is 5.82. The predicted molar refractivity (Wildman–Crippen MR) is 91.0 cm³/mol. The molecule has 0 aliphatic rings. The highest BCUT2D eigenvalue weighted by atomic mass is 79.9. The molecule has 0 saturated carbocycles. The lowest BCUT2D eigenvalue weighted by molar-refractivity contribution is 0.0987. The van der Waals surface area contributed by atoms with E-state index in [4.69, 9.17) is 0 Å². The smallest absolute Gasteiger partial charge is 0.297 e. The van der Waals surface area contributed by atoms with Crippen molar-refractivity contribution in [1.82, 2.24) is 14.3 Å². The number of fused-ring (bicyclic) bond motifs is 1. The Hall–Kier alpha value is -1.73.